The third-order valence-electron chi connectivity index (χ3n) is 6.57. The van der Waals surface area contributed by atoms with E-state index in [1.807, 2.05) is 6.07 Å². The zero-order valence-electron chi connectivity index (χ0n) is 14.8. The summed E-state index contributed by atoms with van der Waals surface area (Å²) in [6.07, 6.45) is 4.47. The van der Waals surface area contributed by atoms with Gasteiger partial charge in [0.05, 0.1) is 19.9 Å². The first-order chi connectivity index (χ1) is 12.3. The second-order valence-corrected chi connectivity index (χ2v) is 7.71. The number of hydrogen-bond donors (Lipinski definition) is 0. The molecule has 0 spiro atoms. The predicted molar refractivity (Wildman–Crippen MR) is 96.7 cm³/mol. The Morgan fingerprint density at radius 2 is 1.92 bits per heavy atom. The van der Waals surface area contributed by atoms with Gasteiger partial charge in [-0.1, -0.05) is 18.2 Å². The van der Waals surface area contributed by atoms with Gasteiger partial charge in [0.25, 0.3) is 0 Å². The average Bonchev–Trinajstić information content (AvgIpc) is 3.32. The summed E-state index contributed by atoms with van der Waals surface area (Å²) in [6, 6.07) is 13.9. The minimum atomic E-state index is 0.513. The third-order valence-corrected chi connectivity index (χ3v) is 6.57. The Morgan fingerprint density at radius 3 is 2.68 bits per heavy atom. The predicted octanol–water partition coefficient (Wildman–Crippen LogP) is 3.35. The molecule has 4 aliphatic heterocycles. The standard InChI is InChI=1S/C21H26N2O2/c1-24-19-7-3-2-6-17(19)18-14-23(13-16-5-4-12-25-16)20-15-8-10-22(11-9-15)21(18)20/h2-7,12,15,18,20-21H,8-11,13-14H2,1H3/t18-,20-,21-/m1/s1. The van der Waals surface area contributed by atoms with Crippen molar-refractivity contribution in [1.29, 1.82) is 0 Å². The molecule has 4 saturated heterocycles. The Bertz CT molecular complexity index is 721. The van der Waals surface area contributed by atoms with E-state index in [2.05, 4.69) is 40.1 Å². The summed E-state index contributed by atoms with van der Waals surface area (Å²) < 4.78 is 11.4. The Morgan fingerprint density at radius 1 is 1.08 bits per heavy atom. The number of furan rings is 1. The van der Waals surface area contributed by atoms with E-state index < -0.39 is 0 Å². The van der Waals surface area contributed by atoms with Crippen molar-refractivity contribution in [1.82, 2.24) is 9.80 Å². The molecule has 0 saturated carbocycles. The van der Waals surface area contributed by atoms with Crippen molar-refractivity contribution in [2.24, 2.45) is 5.92 Å². The van der Waals surface area contributed by atoms with Crippen LogP contribution in [0.15, 0.2) is 47.1 Å². The van der Waals surface area contributed by atoms with Gasteiger partial charge in [-0.2, -0.15) is 0 Å². The fourth-order valence-electron chi connectivity index (χ4n) is 5.57. The van der Waals surface area contributed by atoms with Crippen LogP contribution in [0.1, 0.15) is 30.1 Å². The highest BCUT2D eigenvalue weighted by Crippen LogP contribution is 2.48. The molecule has 4 heteroatoms. The van der Waals surface area contributed by atoms with E-state index in [0.29, 0.717) is 18.0 Å². The van der Waals surface area contributed by atoms with Crippen LogP contribution in [0.25, 0.3) is 0 Å². The molecule has 0 aliphatic carbocycles. The van der Waals surface area contributed by atoms with Crippen LogP contribution >= 0.6 is 0 Å². The van der Waals surface area contributed by atoms with Crippen LogP contribution in [0.4, 0.5) is 0 Å². The molecule has 3 atom stereocenters. The quantitative estimate of drug-likeness (QED) is 0.855. The van der Waals surface area contributed by atoms with E-state index in [9.17, 15) is 0 Å². The number of piperidine rings is 3. The van der Waals surface area contributed by atoms with Crippen LogP contribution in [0.3, 0.4) is 0 Å². The zero-order chi connectivity index (χ0) is 16.8. The molecule has 6 rings (SSSR count). The number of benzene rings is 1. The average molecular weight is 338 g/mol. The molecule has 0 radical (unpaired) electrons. The first-order valence-electron chi connectivity index (χ1n) is 9.48. The molecule has 132 valence electrons. The van der Waals surface area contributed by atoms with Crippen molar-refractivity contribution in [2.75, 3.05) is 26.7 Å². The van der Waals surface area contributed by atoms with E-state index in [-0.39, 0.29) is 0 Å². The number of methoxy groups -OCH3 is 1. The van der Waals surface area contributed by atoms with Crippen LogP contribution in [0.5, 0.6) is 5.75 Å². The molecule has 2 aromatic rings. The number of rotatable bonds is 4. The maximum atomic E-state index is 5.70. The molecule has 5 heterocycles. The molecular formula is C21H26N2O2. The first-order valence-corrected chi connectivity index (χ1v) is 9.48. The number of ether oxygens (including phenoxy) is 1. The summed E-state index contributed by atoms with van der Waals surface area (Å²) in [5.74, 6) is 3.45. The normalized spacial score (nSPS) is 34.2. The minimum absolute atomic E-state index is 0.513. The van der Waals surface area contributed by atoms with Gasteiger partial charge in [-0.05, 0) is 50.0 Å². The molecule has 4 aliphatic rings. The summed E-state index contributed by atoms with van der Waals surface area (Å²) in [5, 5.41) is 0. The van der Waals surface area contributed by atoms with Gasteiger partial charge in [0, 0.05) is 30.1 Å². The Balaban J connectivity index is 1.51. The molecule has 0 N–H and O–H groups in total. The van der Waals surface area contributed by atoms with Crippen LogP contribution in [0.2, 0.25) is 0 Å². The molecule has 4 fully saturated rings. The smallest absolute Gasteiger partial charge is 0.122 e. The van der Waals surface area contributed by atoms with Crippen LogP contribution < -0.4 is 4.74 Å². The largest absolute Gasteiger partial charge is 0.496 e. The van der Waals surface area contributed by atoms with E-state index >= 15 is 0 Å². The topological polar surface area (TPSA) is 28.9 Å². The first kappa shape index (κ1) is 15.5. The van der Waals surface area contributed by atoms with Crippen LogP contribution in [-0.2, 0) is 6.54 Å². The summed E-state index contributed by atoms with van der Waals surface area (Å²) in [5.41, 5.74) is 1.37. The van der Waals surface area contributed by atoms with Gasteiger partial charge in [0.2, 0.25) is 0 Å². The Hall–Kier alpha value is -1.78. The second kappa shape index (κ2) is 6.19. The maximum absolute atomic E-state index is 5.70. The summed E-state index contributed by atoms with van der Waals surface area (Å²) in [4.78, 5) is 5.42. The molecule has 2 bridgehead atoms. The molecule has 0 unspecified atom stereocenters. The number of likely N-dealkylation sites (tertiary alicyclic amines) is 1. The van der Waals surface area contributed by atoms with E-state index in [1.165, 1.54) is 31.5 Å². The van der Waals surface area contributed by atoms with Crippen molar-refractivity contribution < 1.29 is 9.15 Å². The van der Waals surface area contributed by atoms with Gasteiger partial charge in [-0.15, -0.1) is 0 Å². The highest BCUT2D eigenvalue weighted by molar-refractivity contribution is 5.39. The molecule has 4 nitrogen and oxygen atoms in total. The van der Waals surface area contributed by atoms with Gasteiger partial charge in [0.1, 0.15) is 11.5 Å². The lowest BCUT2D eigenvalue weighted by Gasteiger charge is -2.51. The highest BCUT2D eigenvalue weighted by atomic mass is 16.5. The van der Waals surface area contributed by atoms with E-state index in [1.54, 1.807) is 13.4 Å². The minimum Gasteiger partial charge on any atom is -0.496 e. The van der Waals surface area contributed by atoms with Gasteiger partial charge >= 0.3 is 0 Å². The number of nitrogens with zero attached hydrogens (tertiary/aromatic N) is 2. The van der Waals surface area contributed by atoms with E-state index in [0.717, 1.165) is 30.5 Å². The number of hydrogen-bond acceptors (Lipinski definition) is 4. The van der Waals surface area contributed by atoms with Gasteiger partial charge < -0.3 is 9.15 Å². The summed E-state index contributed by atoms with van der Waals surface area (Å²) in [7, 11) is 1.79. The molecular weight excluding hydrogens is 312 g/mol. The molecule has 1 aromatic carbocycles. The number of para-hydroxylation sites is 1. The fraction of sp³-hybridized carbons (Fsp3) is 0.524. The Kier molecular flexibility index (Phi) is 3.83. The lowest BCUT2D eigenvalue weighted by atomic mass is 9.75. The van der Waals surface area contributed by atoms with E-state index in [4.69, 9.17) is 9.15 Å². The van der Waals surface area contributed by atoms with Crippen molar-refractivity contribution >= 4 is 0 Å². The second-order valence-electron chi connectivity index (χ2n) is 7.71. The summed E-state index contributed by atoms with van der Waals surface area (Å²) >= 11 is 0. The molecule has 25 heavy (non-hydrogen) atoms. The Labute approximate surface area is 149 Å². The number of fused-ring (bicyclic) bond motifs is 2. The van der Waals surface area contributed by atoms with Crippen LogP contribution in [0, 0.1) is 5.92 Å². The maximum Gasteiger partial charge on any atom is 0.122 e. The third kappa shape index (κ3) is 2.51. The lowest BCUT2D eigenvalue weighted by Crippen LogP contribution is -2.59. The molecule has 1 aromatic heterocycles. The van der Waals surface area contributed by atoms with Crippen molar-refractivity contribution in [3.8, 4) is 5.75 Å². The SMILES string of the molecule is COc1ccccc1[C@H]1CN(Cc2ccco2)[C@@H]2C3CCN(CC3)[C@H]12. The van der Waals surface area contributed by atoms with Crippen molar-refractivity contribution in [2.45, 2.75) is 37.4 Å². The van der Waals surface area contributed by atoms with Gasteiger partial charge in [-0.25, -0.2) is 0 Å². The lowest BCUT2D eigenvalue weighted by molar-refractivity contribution is -0.0102. The monoisotopic (exact) mass is 338 g/mol. The van der Waals surface area contributed by atoms with Crippen LogP contribution in [-0.4, -0.2) is 48.6 Å². The summed E-state index contributed by atoms with van der Waals surface area (Å²) in [6.45, 7) is 4.52. The van der Waals surface area contributed by atoms with Crippen molar-refractivity contribution in [3.05, 3.63) is 54.0 Å². The van der Waals surface area contributed by atoms with Crippen molar-refractivity contribution in [3.63, 3.8) is 0 Å². The zero-order valence-corrected chi connectivity index (χ0v) is 14.8. The van der Waals surface area contributed by atoms with Gasteiger partial charge in [0.15, 0.2) is 0 Å². The fourth-order valence-corrected chi connectivity index (χ4v) is 5.57. The highest BCUT2D eigenvalue weighted by Gasteiger charge is 2.53. The molecule has 0 amide bonds. The van der Waals surface area contributed by atoms with Gasteiger partial charge in [-0.3, -0.25) is 9.80 Å².